The van der Waals surface area contributed by atoms with Crippen LogP contribution in [0.3, 0.4) is 0 Å². The van der Waals surface area contributed by atoms with E-state index < -0.39 is 5.97 Å². The van der Waals surface area contributed by atoms with Crippen LogP contribution in [0.4, 0.5) is 0 Å². The lowest BCUT2D eigenvalue weighted by Crippen LogP contribution is -2.41. The maximum absolute atomic E-state index is 11.5. The van der Waals surface area contributed by atoms with E-state index in [0.717, 1.165) is 25.1 Å². The van der Waals surface area contributed by atoms with Crippen molar-refractivity contribution in [2.24, 2.45) is 5.92 Å². The van der Waals surface area contributed by atoms with Crippen molar-refractivity contribution in [3.05, 3.63) is 64.7 Å². The number of aliphatic carboxylic acids is 1. The second-order valence-electron chi connectivity index (χ2n) is 7.21. The number of methoxy groups -OCH3 is 1. The van der Waals surface area contributed by atoms with Crippen LogP contribution in [-0.4, -0.2) is 36.2 Å². The molecule has 26 heavy (non-hydrogen) atoms. The van der Waals surface area contributed by atoms with E-state index >= 15 is 0 Å². The van der Waals surface area contributed by atoms with Gasteiger partial charge in [0.25, 0.3) is 0 Å². The van der Waals surface area contributed by atoms with E-state index in [4.69, 9.17) is 4.74 Å². The molecule has 0 aromatic heterocycles. The molecular formula is C22H27NO3. The molecule has 1 saturated heterocycles. The average molecular weight is 353 g/mol. The summed E-state index contributed by atoms with van der Waals surface area (Å²) in [4.78, 5) is 13.9. The number of carboxylic acids is 1. The van der Waals surface area contributed by atoms with Gasteiger partial charge in [-0.2, -0.15) is 0 Å². The summed E-state index contributed by atoms with van der Waals surface area (Å²) in [5.41, 5.74) is 4.89. The van der Waals surface area contributed by atoms with Crippen molar-refractivity contribution in [1.82, 2.24) is 4.90 Å². The van der Waals surface area contributed by atoms with E-state index in [0.29, 0.717) is 6.54 Å². The Morgan fingerprint density at radius 1 is 1.19 bits per heavy atom. The summed E-state index contributed by atoms with van der Waals surface area (Å²) < 4.78 is 5.30. The number of aryl methyl sites for hydroxylation is 2. The van der Waals surface area contributed by atoms with Crippen LogP contribution in [0, 0.1) is 19.8 Å². The minimum Gasteiger partial charge on any atom is -0.497 e. The largest absolute Gasteiger partial charge is 0.497 e. The highest BCUT2D eigenvalue weighted by Gasteiger charge is 2.31. The van der Waals surface area contributed by atoms with Gasteiger partial charge in [-0.05, 0) is 62.1 Å². The molecule has 1 fully saturated rings. The van der Waals surface area contributed by atoms with Crippen LogP contribution in [0.2, 0.25) is 0 Å². The molecule has 0 radical (unpaired) electrons. The molecule has 4 heteroatoms. The van der Waals surface area contributed by atoms with Gasteiger partial charge in [0.05, 0.1) is 19.1 Å². The number of nitrogens with zero attached hydrogens (tertiary/aromatic N) is 1. The lowest BCUT2D eigenvalue weighted by molar-refractivity contribution is -0.143. The zero-order valence-corrected chi connectivity index (χ0v) is 15.7. The first-order valence-electron chi connectivity index (χ1n) is 9.17. The van der Waals surface area contributed by atoms with E-state index in [1.165, 1.54) is 22.3 Å². The Hall–Kier alpha value is -2.33. The topological polar surface area (TPSA) is 49.8 Å². The molecule has 138 valence electrons. The molecule has 2 unspecified atom stereocenters. The SMILES string of the molecule is COc1ccc(C(c2ccc(C)cc2C)N2CCCC(C(=O)O)C2)cc1. The van der Waals surface area contributed by atoms with Crippen molar-refractivity contribution in [1.29, 1.82) is 0 Å². The first kappa shape index (κ1) is 18.5. The van der Waals surface area contributed by atoms with Crippen LogP contribution in [0.15, 0.2) is 42.5 Å². The number of carboxylic acid groups (broad SMARTS) is 1. The first-order valence-corrected chi connectivity index (χ1v) is 9.17. The van der Waals surface area contributed by atoms with Gasteiger partial charge in [0.2, 0.25) is 0 Å². The molecule has 1 heterocycles. The molecule has 0 saturated carbocycles. The monoisotopic (exact) mass is 353 g/mol. The number of ether oxygens (including phenoxy) is 1. The number of benzene rings is 2. The third-order valence-corrected chi connectivity index (χ3v) is 5.32. The zero-order chi connectivity index (χ0) is 18.7. The van der Waals surface area contributed by atoms with Crippen molar-refractivity contribution in [3.8, 4) is 5.75 Å². The van der Waals surface area contributed by atoms with Gasteiger partial charge in [0.1, 0.15) is 5.75 Å². The van der Waals surface area contributed by atoms with Crippen molar-refractivity contribution in [3.63, 3.8) is 0 Å². The van der Waals surface area contributed by atoms with Gasteiger partial charge in [-0.15, -0.1) is 0 Å². The van der Waals surface area contributed by atoms with Gasteiger partial charge in [-0.25, -0.2) is 0 Å². The van der Waals surface area contributed by atoms with Crippen molar-refractivity contribution in [2.75, 3.05) is 20.2 Å². The maximum atomic E-state index is 11.5. The third kappa shape index (κ3) is 3.91. The Morgan fingerprint density at radius 2 is 1.92 bits per heavy atom. The summed E-state index contributed by atoms with van der Waals surface area (Å²) in [5, 5.41) is 9.50. The Kier molecular flexibility index (Phi) is 5.62. The standard InChI is InChI=1S/C22H27NO3/c1-15-6-11-20(16(2)13-15)21(17-7-9-19(26-3)10-8-17)23-12-4-5-18(14-23)22(24)25/h6-11,13,18,21H,4-5,12,14H2,1-3H3,(H,24,25). The van der Waals surface area contributed by atoms with E-state index in [2.05, 4.69) is 49.1 Å². The molecule has 2 aromatic carbocycles. The van der Waals surface area contributed by atoms with E-state index in [9.17, 15) is 9.90 Å². The highest BCUT2D eigenvalue weighted by molar-refractivity contribution is 5.70. The molecular weight excluding hydrogens is 326 g/mol. The van der Waals surface area contributed by atoms with Crippen LogP contribution in [0.25, 0.3) is 0 Å². The normalized spacial score (nSPS) is 19.1. The van der Waals surface area contributed by atoms with Crippen LogP contribution in [0.5, 0.6) is 5.75 Å². The summed E-state index contributed by atoms with van der Waals surface area (Å²) >= 11 is 0. The van der Waals surface area contributed by atoms with Gasteiger partial charge in [-0.1, -0.05) is 35.9 Å². The highest BCUT2D eigenvalue weighted by atomic mass is 16.5. The maximum Gasteiger partial charge on any atom is 0.307 e. The number of carbonyl (C=O) groups is 1. The first-order chi connectivity index (χ1) is 12.5. The lowest BCUT2D eigenvalue weighted by Gasteiger charge is -2.38. The number of rotatable bonds is 5. The molecule has 0 bridgehead atoms. The molecule has 0 aliphatic carbocycles. The Bertz CT molecular complexity index is 769. The Balaban J connectivity index is 2.01. The molecule has 2 aromatic rings. The number of hydrogen-bond donors (Lipinski definition) is 1. The average Bonchev–Trinajstić information content (AvgIpc) is 2.64. The molecule has 1 N–H and O–H groups in total. The van der Waals surface area contributed by atoms with E-state index in [1.54, 1.807) is 7.11 Å². The summed E-state index contributed by atoms with van der Waals surface area (Å²) in [6, 6.07) is 14.7. The quantitative estimate of drug-likeness (QED) is 0.875. The van der Waals surface area contributed by atoms with Crippen molar-refractivity contribution in [2.45, 2.75) is 32.7 Å². The second-order valence-corrected chi connectivity index (χ2v) is 7.21. The van der Waals surface area contributed by atoms with E-state index in [1.807, 2.05) is 12.1 Å². The van der Waals surface area contributed by atoms with Gasteiger partial charge in [-0.3, -0.25) is 9.69 Å². The van der Waals surface area contributed by atoms with Crippen LogP contribution < -0.4 is 4.74 Å². The van der Waals surface area contributed by atoms with Gasteiger partial charge in [0.15, 0.2) is 0 Å². The van der Waals surface area contributed by atoms with Crippen LogP contribution >= 0.6 is 0 Å². The van der Waals surface area contributed by atoms with Gasteiger partial charge < -0.3 is 9.84 Å². The molecule has 1 aliphatic rings. The van der Waals surface area contributed by atoms with Crippen molar-refractivity contribution < 1.29 is 14.6 Å². The summed E-state index contributed by atoms with van der Waals surface area (Å²) in [6.07, 6.45) is 1.67. The minimum absolute atomic E-state index is 0.0589. The lowest BCUT2D eigenvalue weighted by atomic mass is 9.89. The van der Waals surface area contributed by atoms with Gasteiger partial charge >= 0.3 is 5.97 Å². The predicted molar refractivity (Wildman–Crippen MR) is 103 cm³/mol. The molecule has 3 rings (SSSR count). The highest BCUT2D eigenvalue weighted by Crippen LogP contribution is 2.35. The minimum atomic E-state index is -0.691. The fourth-order valence-electron chi connectivity index (χ4n) is 3.95. The van der Waals surface area contributed by atoms with Crippen LogP contribution in [0.1, 0.15) is 41.1 Å². The Labute approximate surface area is 155 Å². The summed E-state index contributed by atoms with van der Waals surface area (Å²) in [7, 11) is 1.67. The number of piperidine rings is 1. The third-order valence-electron chi connectivity index (χ3n) is 5.32. The smallest absolute Gasteiger partial charge is 0.307 e. The fraction of sp³-hybridized carbons (Fsp3) is 0.409. The summed E-state index contributed by atoms with van der Waals surface area (Å²) in [5.74, 6) is -0.158. The van der Waals surface area contributed by atoms with Gasteiger partial charge in [0, 0.05) is 6.54 Å². The number of hydrogen-bond acceptors (Lipinski definition) is 3. The van der Waals surface area contributed by atoms with Crippen LogP contribution in [-0.2, 0) is 4.79 Å². The molecule has 0 spiro atoms. The fourth-order valence-corrected chi connectivity index (χ4v) is 3.95. The zero-order valence-electron chi connectivity index (χ0n) is 15.7. The molecule has 4 nitrogen and oxygen atoms in total. The number of likely N-dealkylation sites (tertiary alicyclic amines) is 1. The molecule has 2 atom stereocenters. The second kappa shape index (κ2) is 7.92. The summed E-state index contributed by atoms with van der Waals surface area (Å²) in [6.45, 7) is 5.73. The Morgan fingerprint density at radius 3 is 2.54 bits per heavy atom. The predicted octanol–water partition coefficient (Wildman–Crippen LogP) is 4.20. The van der Waals surface area contributed by atoms with E-state index in [-0.39, 0.29) is 12.0 Å². The molecule has 0 amide bonds. The van der Waals surface area contributed by atoms with Crippen molar-refractivity contribution >= 4 is 5.97 Å². The molecule has 1 aliphatic heterocycles.